The molecule has 0 aromatic rings. The van der Waals surface area contributed by atoms with Gasteiger partial charge in [0.05, 0.1) is 18.3 Å². The molecule has 0 spiro atoms. The first kappa shape index (κ1) is 17.0. The van der Waals surface area contributed by atoms with Crippen molar-refractivity contribution >= 4 is 0 Å². The maximum Gasteiger partial charge on any atom is 0.148 e. The van der Waals surface area contributed by atoms with E-state index in [1.165, 1.54) is 0 Å². The summed E-state index contributed by atoms with van der Waals surface area (Å²) >= 11 is 0. The van der Waals surface area contributed by atoms with Gasteiger partial charge in [0.15, 0.2) is 0 Å². The second-order valence-corrected chi connectivity index (χ2v) is 6.21. The Bertz CT molecular complexity index is 370. The molecular formula is C13H25NO7. The van der Waals surface area contributed by atoms with Crippen molar-refractivity contribution in [3.63, 3.8) is 0 Å². The van der Waals surface area contributed by atoms with Gasteiger partial charge in [-0.15, -0.1) is 0 Å². The molecule has 0 saturated carbocycles. The van der Waals surface area contributed by atoms with Crippen LogP contribution in [0.25, 0.3) is 0 Å². The van der Waals surface area contributed by atoms with Crippen molar-refractivity contribution in [1.29, 1.82) is 0 Å². The van der Waals surface area contributed by atoms with E-state index in [0.717, 1.165) is 0 Å². The van der Waals surface area contributed by atoms with Crippen LogP contribution >= 0.6 is 0 Å². The highest BCUT2D eigenvalue weighted by molar-refractivity contribution is 5.01. The van der Waals surface area contributed by atoms with E-state index in [4.69, 9.17) is 4.74 Å². The Hall–Kier alpha value is -0.320. The summed E-state index contributed by atoms with van der Waals surface area (Å²) in [4.78, 5) is 1.58. The number of β-amino-alcohol motifs (C(OH)–C–C–N with tert-alkyl or cyclic N) is 1. The zero-order chi connectivity index (χ0) is 15.9. The number of piperidine rings is 1. The summed E-state index contributed by atoms with van der Waals surface area (Å²) in [5.41, 5.74) is -1.33. The van der Waals surface area contributed by atoms with Crippen molar-refractivity contribution in [2.24, 2.45) is 5.92 Å². The second kappa shape index (κ2) is 6.05. The van der Waals surface area contributed by atoms with Gasteiger partial charge in [-0.1, -0.05) is 0 Å². The van der Waals surface area contributed by atoms with Crippen molar-refractivity contribution in [3.05, 3.63) is 0 Å². The first-order valence-electron chi connectivity index (χ1n) is 7.16. The molecule has 2 heterocycles. The van der Waals surface area contributed by atoms with Crippen LogP contribution in [0, 0.1) is 5.92 Å². The van der Waals surface area contributed by atoms with E-state index < -0.39 is 48.3 Å². The summed E-state index contributed by atoms with van der Waals surface area (Å²) in [6.45, 7) is 3.04. The van der Waals surface area contributed by atoms with Gasteiger partial charge in [0, 0.05) is 25.6 Å². The Morgan fingerprint density at radius 3 is 2.24 bits per heavy atom. The van der Waals surface area contributed by atoms with E-state index in [9.17, 15) is 30.6 Å². The minimum atomic E-state index is -1.38. The van der Waals surface area contributed by atoms with Gasteiger partial charge >= 0.3 is 0 Å². The summed E-state index contributed by atoms with van der Waals surface area (Å²) in [5.74, 6) is -0.583. The van der Waals surface area contributed by atoms with Gasteiger partial charge < -0.3 is 35.4 Å². The van der Waals surface area contributed by atoms with Crippen LogP contribution in [-0.4, -0.2) is 97.6 Å². The third-order valence-corrected chi connectivity index (χ3v) is 4.73. The number of likely N-dealkylation sites (tertiary alicyclic amines) is 1. The van der Waals surface area contributed by atoms with Crippen LogP contribution < -0.4 is 0 Å². The molecule has 0 aromatic carbocycles. The highest BCUT2D eigenvalue weighted by atomic mass is 16.6. The topological polar surface area (TPSA) is 134 Å². The zero-order valence-corrected chi connectivity index (χ0v) is 12.2. The quantitative estimate of drug-likeness (QED) is 0.315. The van der Waals surface area contributed by atoms with E-state index >= 15 is 0 Å². The standard InChI is InChI=1S/C13H25NO7/c1-6-9(17)11(19)12(20)13(2,21-6)14-3-7(5-15)10(18)8(16)4-14/h6-12,15-20H,3-5H2,1-2H3/t6-,7?,8?,9-,10?,11+,12-,13-/m1/s1. The van der Waals surface area contributed by atoms with Gasteiger partial charge in [-0.2, -0.15) is 0 Å². The van der Waals surface area contributed by atoms with Crippen LogP contribution in [0.5, 0.6) is 0 Å². The highest BCUT2D eigenvalue weighted by Crippen LogP contribution is 2.35. The summed E-state index contributed by atoms with van der Waals surface area (Å²) in [5, 5.41) is 59.0. The normalized spacial score (nSPS) is 52.9. The van der Waals surface area contributed by atoms with Crippen LogP contribution in [0.1, 0.15) is 13.8 Å². The first-order chi connectivity index (χ1) is 9.72. The molecule has 21 heavy (non-hydrogen) atoms. The number of nitrogens with zero attached hydrogens (tertiary/aromatic N) is 1. The Balaban J connectivity index is 2.22. The summed E-state index contributed by atoms with van der Waals surface area (Å²) in [6, 6.07) is 0. The lowest BCUT2D eigenvalue weighted by molar-refractivity contribution is -0.316. The smallest absolute Gasteiger partial charge is 0.148 e. The highest BCUT2D eigenvalue weighted by Gasteiger charge is 2.54. The summed E-state index contributed by atoms with van der Waals surface area (Å²) in [7, 11) is 0. The van der Waals surface area contributed by atoms with Crippen LogP contribution in [0.3, 0.4) is 0 Å². The molecule has 2 aliphatic rings. The average molecular weight is 307 g/mol. The van der Waals surface area contributed by atoms with Gasteiger partial charge in [-0.05, 0) is 13.8 Å². The maximum absolute atomic E-state index is 10.3. The predicted molar refractivity (Wildman–Crippen MR) is 71.1 cm³/mol. The van der Waals surface area contributed by atoms with Gasteiger partial charge in [0.1, 0.15) is 24.0 Å². The van der Waals surface area contributed by atoms with Crippen LogP contribution in [0.2, 0.25) is 0 Å². The molecule has 3 unspecified atom stereocenters. The maximum atomic E-state index is 10.3. The Morgan fingerprint density at radius 1 is 1.05 bits per heavy atom. The summed E-state index contributed by atoms with van der Waals surface area (Å²) < 4.78 is 5.68. The molecule has 8 atom stereocenters. The lowest BCUT2D eigenvalue weighted by atomic mass is 9.86. The van der Waals surface area contributed by atoms with Gasteiger partial charge in [0.25, 0.3) is 0 Å². The van der Waals surface area contributed by atoms with Crippen molar-refractivity contribution < 1.29 is 35.4 Å². The number of hydrogen-bond acceptors (Lipinski definition) is 8. The van der Waals surface area contributed by atoms with E-state index in [-0.39, 0.29) is 19.7 Å². The molecule has 2 rings (SSSR count). The fourth-order valence-corrected chi connectivity index (χ4v) is 3.20. The third-order valence-electron chi connectivity index (χ3n) is 4.73. The molecule has 0 amide bonds. The van der Waals surface area contributed by atoms with E-state index in [2.05, 4.69) is 0 Å². The lowest BCUT2D eigenvalue weighted by Crippen LogP contribution is -2.72. The van der Waals surface area contributed by atoms with Crippen molar-refractivity contribution in [2.75, 3.05) is 19.7 Å². The van der Waals surface area contributed by atoms with Crippen LogP contribution in [0.15, 0.2) is 0 Å². The Morgan fingerprint density at radius 2 is 1.67 bits per heavy atom. The average Bonchev–Trinajstić information content (AvgIpc) is 2.45. The Labute approximate surface area is 123 Å². The minimum absolute atomic E-state index is 0.0285. The number of rotatable bonds is 2. The molecule has 0 bridgehead atoms. The van der Waals surface area contributed by atoms with Crippen LogP contribution in [0.4, 0.5) is 0 Å². The fraction of sp³-hybridized carbons (Fsp3) is 1.00. The number of hydrogen-bond donors (Lipinski definition) is 6. The molecule has 2 saturated heterocycles. The molecular weight excluding hydrogens is 282 g/mol. The van der Waals surface area contributed by atoms with Crippen molar-refractivity contribution in [2.45, 2.75) is 56.2 Å². The molecule has 124 valence electrons. The first-order valence-corrected chi connectivity index (χ1v) is 7.16. The molecule has 0 radical (unpaired) electrons. The zero-order valence-electron chi connectivity index (χ0n) is 12.2. The molecule has 2 aliphatic heterocycles. The minimum Gasteiger partial charge on any atom is -0.396 e. The van der Waals surface area contributed by atoms with Gasteiger partial charge in [-0.25, -0.2) is 0 Å². The van der Waals surface area contributed by atoms with Crippen LogP contribution in [-0.2, 0) is 4.74 Å². The third kappa shape index (κ3) is 2.82. The van der Waals surface area contributed by atoms with Gasteiger partial charge in [-0.3, -0.25) is 4.90 Å². The SMILES string of the molecule is C[C@H]1O[C@@](C)(N2CC(O)C(O)C(CO)C2)[C@H](O)[C@@H](O)[C@@H]1O. The second-order valence-electron chi connectivity index (χ2n) is 6.21. The molecule has 0 aromatic heterocycles. The predicted octanol–water partition coefficient (Wildman–Crippen LogP) is -3.15. The Kier molecular flexibility index (Phi) is 4.91. The van der Waals surface area contributed by atoms with Crippen molar-refractivity contribution in [3.8, 4) is 0 Å². The molecule has 2 fully saturated rings. The lowest BCUT2D eigenvalue weighted by Gasteiger charge is -2.54. The molecule has 6 N–H and O–H groups in total. The van der Waals surface area contributed by atoms with Crippen molar-refractivity contribution in [1.82, 2.24) is 4.90 Å². The van der Waals surface area contributed by atoms with E-state index in [1.54, 1.807) is 18.7 Å². The summed E-state index contributed by atoms with van der Waals surface area (Å²) in [6.07, 6.45) is -6.82. The fourth-order valence-electron chi connectivity index (χ4n) is 3.20. The number of aliphatic hydroxyl groups excluding tert-OH is 6. The molecule has 0 aliphatic carbocycles. The monoisotopic (exact) mass is 307 g/mol. The van der Waals surface area contributed by atoms with E-state index in [1.807, 2.05) is 0 Å². The van der Waals surface area contributed by atoms with Gasteiger partial charge in [0.2, 0.25) is 0 Å². The molecule has 8 heteroatoms. The number of aliphatic hydroxyl groups is 6. The molecule has 8 nitrogen and oxygen atoms in total. The number of ether oxygens (including phenoxy) is 1. The largest absolute Gasteiger partial charge is 0.396 e. The van der Waals surface area contributed by atoms with E-state index in [0.29, 0.717) is 0 Å².